The van der Waals surface area contributed by atoms with Crippen molar-refractivity contribution in [2.24, 2.45) is 5.73 Å². The summed E-state index contributed by atoms with van der Waals surface area (Å²) in [6.07, 6.45) is 3.58. The molecular formula is C18H22BrNO. The summed E-state index contributed by atoms with van der Waals surface area (Å²) in [5.41, 5.74) is 8.34. The van der Waals surface area contributed by atoms with E-state index in [1.54, 1.807) is 0 Å². The average molecular weight is 348 g/mol. The molecule has 0 fully saturated rings. The number of nitrogens with two attached hydrogens (primary N) is 1. The van der Waals surface area contributed by atoms with Gasteiger partial charge < -0.3 is 10.5 Å². The van der Waals surface area contributed by atoms with Crippen LogP contribution in [-0.2, 0) is 6.42 Å². The second-order valence-electron chi connectivity index (χ2n) is 5.32. The number of benzene rings is 2. The number of rotatable bonds is 6. The van der Waals surface area contributed by atoms with Gasteiger partial charge in [-0.05, 0) is 55.2 Å². The average Bonchev–Trinajstić information content (AvgIpc) is 2.46. The third kappa shape index (κ3) is 4.58. The number of hydrogen-bond donors (Lipinski definition) is 1. The number of aryl methyl sites for hydroxylation is 1. The Labute approximate surface area is 135 Å². The molecular weight excluding hydrogens is 326 g/mol. The summed E-state index contributed by atoms with van der Waals surface area (Å²) in [7, 11) is 0. The van der Waals surface area contributed by atoms with E-state index < -0.39 is 0 Å². The topological polar surface area (TPSA) is 35.2 Å². The van der Waals surface area contributed by atoms with Gasteiger partial charge in [0.15, 0.2) is 0 Å². The Bertz CT molecular complexity index is 578. The van der Waals surface area contributed by atoms with Gasteiger partial charge in [0.05, 0.1) is 0 Å². The van der Waals surface area contributed by atoms with Gasteiger partial charge in [0.1, 0.15) is 11.5 Å². The van der Waals surface area contributed by atoms with Crippen LogP contribution in [-0.4, -0.2) is 0 Å². The monoisotopic (exact) mass is 347 g/mol. The number of hydrogen-bond acceptors (Lipinski definition) is 2. The summed E-state index contributed by atoms with van der Waals surface area (Å²) >= 11 is 3.54. The van der Waals surface area contributed by atoms with E-state index in [1.165, 1.54) is 18.4 Å². The van der Waals surface area contributed by atoms with Gasteiger partial charge in [0.25, 0.3) is 0 Å². The Hall–Kier alpha value is -1.32. The Morgan fingerprint density at radius 1 is 1.10 bits per heavy atom. The van der Waals surface area contributed by atoms with E-state index >= 15 is 0 Å². The Morgan fingerprint density at radius 2 is 1.76 bits per heavy atom. The molecule has 2 aromatic rings. The van der Waals surface area contributed by atoms with Crippen molar-refractivity contribution in [1.82, 2.24) is 0 Å². The smallest absolute Gasteiger partial charge is 0.128 e. The van der Waals surface area contributed by atoms with E-state index in [0.29, 0.717) is 0 Å². The van der Waals surface area contributed by atoms with E-state index in [0.717, 1.165) is 28.0 Å². The zero-order chi connectivity index (χ0) is 15.2. The third-order valence-corrected chi connectivity index (χ3v) is 4.13. The van der Waals surface area contributed by atoms with Crippen LogP contribution in [0.4, 0.5) is 0 Å². The minimum Gasteiger partial charge on any atom is -0.457 e. The highest BCUT2D eigenvalue weighted by Crippen LogP contribution is 2.29. The highest BCUT2D eigenvalue weighted by atomic mass is 79.9. The van der Waals surface area contributed by atoms with E-state index in [4.69, 9.17) is 10.5 Å². The SMILES string of the molecule is CCCCc1ccc(Oc2ccc(C(C)N)c(Br)c2)cc1. The van der Waals surface area contributed by atoms with Crippen LogP contribution in [0.3, 0.4) is 0 Å². The Morgan fingerprint density at radius 3 is 2.33 bits per heavy atom. The molecule has 0 heterocycles. The first-order chi connectivity index (χ1) is 10.1. The second kappa shape index (κ2) is 7.62. The summed E-state index contributed by atoms with van der Waals surface area (Å²) in [5.74, 6) is 1.67. The molecule has 0 amide bonds. The maximum Gasteiger partial charge on any atom is 0.128 e. The maximum absolute atomic E-state index is 5.90. The van der Waals surface area contributed by atoms with Gasteiger partial charge >= 0.3 is 0 Å². The van der Waals surface area contributed by atoms with Crippen LogP contribution in [0.15, 0.2) is 46.9 Å². The molecule has 3 heteroatoms. The van der Waals surface area contributed by atoms with Gasteiger partial charge in [-0.2, -0.15) is 0 Å². The molecule has 0 saturated heterocycles. The fourth-order valence-corrected chi connectivity index (χ4v) is 2.90. The largest absolute Gasteiger partial charge is 0.457 e. The molecule has 2 N–H and O–H groups in total. The molecule has 2 rings (SSSR count). The first kappa shape index (κ1) is 16.1. The summed E-state index contributed by atoms with van der Waals surface area (Å²) in [5, 5.41) is 0. The van der Waals surface area contributed by atoms with Crippen LogP contribution in [0.25, 0.3) is 0 Å². The lowest BCUT2D eigenvalue weighted by Crippen LogP contribution is -2.05. The van der Waals surface area contributed by atoms with Crippen molar-refractivity contribution in [2.45, 2.75) is 39.2 Å². The predicted octanol–water partition coefficient (Wildman–Crippen LogP) is 5.60. The zero-order valence-electron chi connectivity index (χ0n) is 12.6. The zero-order valence-corrected chi connectivity index (χ0v) is 14.2. The molecule has 112 valence electrons. The lowest BCUT2D eigenvalue weighted by atomic mass is 10.1. The van der Waals surface area contributed by atoms with Gasteiger partial charge in [-0.25, -0.2) is 0 Å². The van der Waals surface area contributed by atoms with Crippen molar-refractivity contribution in [3.63, 3.8) is 0 Å². The number of halogens is 1. The highest BCUT2D eigenvalue weighted by molar-refractivity contribution is 9.10. The number of ether oxygens (including phenoxy) is 1. The molecule has 0 aliphatic heterocycles. The molecule has 1 unspecified atom stereocenters. The van der Waals surface area contributed by atoms with Crippen molar-refractivity contribution >= 4 is 15.9 Å². The minimum atomic E-state index is 0.00581. The maximum atomic E-state index is 5.90. The molecule has 0 aliphatic carbocycles. The van der Waals surface area contributed by atoms with Gasteiger partial charge in [-0.3, -0.25) is 0 Å². The van der Waals surface area contributed by atoms with Crippen molar-refractivity contribution in [3.05, 3.63) is 58.1 Å². The summed E-state index contributed by atoms with van der Waals surface area (Å²) in [4.78, 5) is 0. The molecule has 2 nitrogen and oxygen atoms in total. The normalized spacial score (nSPS) is 12.2. The summed E-state index contributed by atoms with van der Waals surface area (Å²) < 4.78 is 6.86. The summed E-state index contributed by atoms with van der Waals surface area (Å²) in [6.45, 7) is 4.18. The molecule has 0 radical (unpaired) electrons. The molecule has 1 atom stereocenters. The Balaban J connectivity index is 2.06. The molecule has 0 saturated carbocycles. The van der Waals surface area contributed by atoms with Crippen molar-refractivity contribution < 1.29 is 4.74 Å². The van der Waals surface area contributed by atoms with Gasteiger partial charge in [-0.15, -0.1) is 0 Å². The van der Waals surface area contributed by atoms with Crippen LogP contribution >= 0.6 is 15.9 Å². The molecule has 0 spiro atoms. The van der Waals surface area contributed by atoms with Gasteiger partial charge in [0, 0.05) is 10.5 Å². The summed E-state index contributed by atoms with van der Waals surface area (Å²) in [6, 6.07) is 14.2. The first-order valence-corrected chi connectivity index (χ1v) is 8.21. The Kier molecular flexibility index (Phi) is 5.83. The van der Waals surface area contributed by atoms with E-state index in [1.807, 2.05) is 37.3 Å². The molecule has 0 bridgehead atoms. The molecule has 0 aromatic heterocycles. The highest BCUT2D eigenvalue weighted by Gasteiger charge is 2.07. The molecule has 0 aliphatic rings. The minimum absolute atomic E-state index is 0.00581. The van der Waals surface area contributed by atoms with Crippen molar-refractivity contribution in [1.29, 1.82) is 0 Å². The lowest BCUT2D eigenvalue weighted by Gasteiger charge is -2.11. The van der Waals surface area contributed by atoms with Crippen LogP contribution < -0.4 is 10.5 Å². The van der Waals surface area contributed by atoms with E-state index in [2.05, 4.69) is 35.0 Å². The fourth-order valence-electron chi connectivity index (χ4n) is 2.18. The number of unbranched alkanes of at least 4 members (excludes halogenated alkanes) is 1. The van der Waals surface area contributed by atoms with Crippen LogP contribution in [0.5, 0.6) is 11.5 Å². The van der Waals surface area contributed by atoms with Gasteiger partial charge in [0.2, 0.25) is 0 Å². The van der Waals surface area contributed by atoms with Gasteiger partial charge in [-0.1, -0.05) is 47.5 Å². The van der Waals surface area contributed by atoms with Crippen molar-refractivity contribution in [2.75, 3.05) is 0 Å². The molecule has 2 aromatic carbocycles. The standard InChI is InChI=1S/C18H22BrNO/c1-3-4-5-14-6-8-15(9-7-14)21-16-10-11-17(13(2)20)18(19)12-16/h6-13H,3-5,20H2,1-2H3. The van der Waals surface area contributed by atoms with Crippen molar-refractivity contribution in [3.8, 4) is 11.5 Å². The fraction of sp³-hybridized carbons (Fsp3) is 0.333. The second-order valence-corrected chi connectivity index (χ2v) is 6.18. The van der Waals surface area contributed by atoms with Crippen LogP contribution in [0, 0.1) is 0 Å². The third-order valence-electron chi connectivity index (χ3n) is 3.44. The van der Waals surface area contributed by atoms with E-state index in [9.17, 15) is 0 Å². The molecule has 21 heavy (non-hydrogen) atoms. The predicted molar refractivity (Wildman–Crippen MR) is 91.9 cm³/mol. The van der Waals surface area contributed by atoms with E-state index in [-0.39, 0.29) is 6.04 Å². The lowest BCUT2D eigenvalue weighted by molar-refractivity contribution is 0.481. The van der Waals surface area contributed by atoms with Crippen LogP contribution in [0.1, 0.15) is 43.9 Å². The van der Waals surface area contributed by atoms with Crippen LogP contribution in [0.2, 0.25) is 0 Å². The first-order valence-electron chi connectivity index (χ1n) is 7.42. The quantitative estimate of drug-likeness (QED) is 0.737.